The van der Waals surface area contributed by atoms with Gasteiger partial charge in [0.25, 0.3) is 15.9 Å². The third kappa shape index (κ3) is 4.30. The van der Waals surface area contributed by atoms with Crippen molar-refractivity contribution in [2.24, 2.45) is 0 Å². The lowest BCUT2D eigenvalue weighted by Gasteiger charge is -2.07. The summed E-state index contributed by atoms with van der Waals surface area (Å²) in [6, 6.07) is 12.0. The van der Waals surface area contributed by atoms with Gasteiger partial charge < -0.3 is 9.26 Å². The highest BCUT2D eigenvalue weighted by molar-refractivity contribution is 7.92. The third-order valence-corrected chi connectivity index (χ3v) is 5.49. The second-order valence-corrected chi connectivity index (χ2v) is 8.08. The molecule has 146 valence electrons. The van der Waals surface area contributed by atoms with Crippen molar-refractivity contribution in [3.05, 3.63) is 64.1 Å². The molecule has 3 aromatic rings. The molecule has 0 radical (unpaired) electrons. The molecule has 0 amide bonds. The van der Waals surface area contributed by atoms with E-state index < -0.39 is 16.0 Å². The van der Waals surface area contributed by atoms with Crippen LogP contribution in [0.15, 0.2) is 57.9 Å². The lowest BCUT2D eigenvalue weighted by atomic mass is 10.1. The topological polar surface area (TPSA) is 98.5 Å². The molecule has 0 fully saturated rings. The second-order valence-electron chi connectivity index (χ2n) is 5.52. The highest BCUT2D eigenvalue weighted by Gasteiger charge is 2.28. The molecule has 0 aliphatic heterocycles. The Balaban J connectivity index is 2.04. The van der Waals surface area contributed by atoms with Crippen molar-refractivity contribution in [2.75, 3.05) is 11.3 Å². The Morgan fingerprint density at radius 2 is 1.64 bits per heavy atom. The van der Waals surface area contributed by atoms with Gasteiger partial charge in [-0.2, -0.15) is 0 Å². The van der Waals surface area contributed by atoms with E-state index in [1.807, 2.05) is 0 Å². The maximum absolute atomic E-state index is 12.6. The molecule has 7 nitrogen and oxygen atoms in total. The fourth-order valence-corrected chi connectivity index (χ4v) is 3.60. The molecule has 1 N–H and O–H groups in total. The third-order valence-electron chi connectivity index (χ3n) is 3.64. The number of halogens is 2. The second kappa shape index (κ2) is 8.22. The number of ether oxygens (including phenoxy) is 1. The van der Waals surface area contributed by atoms with Crippen LogP contribution in [0.2, 0.25) is 10.0 Å². The summed E-state index contributed by atoms with van der Waals surface area (Å²) in [7, 11) is -4.05. The summed E-state index contributed by atoms with van der Waals surface area (Å²) in [5.74, 6) is -1.12. The zero-order valence-corrected chi connectivity index (χ0v) is 16.8. The van der Waals surface area contributed by atoms with Gasteiger partial charge in [0.2, 0.25) is 0 Å². The predicted molar refractivity (Wildman–Crippen MR) is 105 cm³/mol. The van der Waals surface area contributed by atoms with Crippen LogP contribution in [0, 0.1) is 0 Å². The van der Waals surface area contributed by atoms with Crippen molar-refractivity contribution < 1.29 is 22.5 Å². The molecule has 0 saturated heterocycles. The molecule has 0 atom stereocenters. The van der Waals surface area contributed by atoms with Gasteiger partial charge in [0.1, 0.15) is 5.69 Å². The Morgan fingerprint density at radius 3 is 2.21 bits per heavy atom. The number of sulfonamides is 1. The fraction of sp³-hybridized carbons (Fsp3) is 0.111. The molecule has 0 saturated carbocycles. The first-order chi connectivity index (χ1) is 13.3. The predicted octanol–water partition coefficient (Wildman–Crippen LogP) is 4.63. The van der Waals surface area contributed by atoms with Crippen LogP contribution >= 0.6 is 23.2 Å². The summed E-state index contributed by atoms with van der Waals surface area (Å²) in [5.41, 5.74) is 0.499. The van der Waals surface area contributed by atoms with E-state index in [1.54, 1.807) is 31.2 Å². The normalized spacial score (nSPS) is 11.2. The molecular formula is C18H14Cl2N2O5S. The minimum atomic E-state index is -4.05. The van der Waals surface area contributed by atoms with E-state index in [4.69, 9.17) is 32.5 Å². The maximum atomic E-state index is 12.6. The first kappa shape index (κ1) is 20.2. The van der Waals surface area contributed by atoms with Crippen LogP contribution in [0.1, 0.15) is 17.3 Å². The zero-order valence-electron chi connectivity index (χ0n) is 14.5. The first-order valence-electron chi connectivity index (χ1n) is 8.03. The highest BCUT2D eigenvalue weighted by atomic mass is 35.5. The summed E-state index contributed by atoms with van der Waals surface area (Å²) in [4.78, 5) is 12.4. The van der Waals surface area contributed by atoms with Gasteiger partial charge in [-0.1, -0.05) is 40.5 Å². The first-order valence-corrected chi connectivity index (χ1v) is 10.3. The van der Waals surface area contributed by atoms with Crippen LogP contribution in [0.3, 0.4) is 0 Å². The number of anilines is 1. The highest BCUT2D eigenvalue weighted by Crippen LogP contribution is 2.32. The number of hydrogen-bond acceptors (Lipinski definition) is 6. The van der Waals surface area contributed by atoms with Gasteiger partial charge in [0, 0.05) is 15.6 Å². The monoisotopic (exact) mass is 440 g/mol. The Hall–Kier alpha value is -2.55. The number of hydrogen-bond donors (Lipinski definition) is 1. The quantitative estimate of drug-likeness (QED) is 0.561. The molecule has 1 aromatic heterocycles. The van der Waals surface area contributed by atoms with E-state index >= 15 is 0 Å². The molecule has 0 aliphatic carbocycles. The average Bonchev–Trinajstić information content (AvgIpc) is 3.06. The Morgan fingerprint density at radius 1 is 1.07 bits per heavy atom. The number of aromatic nitrogens is 1. The van der Waals surface area contributed by atoms with E-state index in [-0.39, 0.29) is 28.6 Å². The van der Waals surface area contributed by atoms with Gasteiger partial charge in [0.15, 0.2) is 5.56 Å². The molecule has 2 aromatic carbocycles. The smallest absolute Gasteiger partial charge is 0.346 e. The summed E-state index contributed by atoms with van der Waals surface area (Å²) < 4.78 is 37.6. The van der Waals surface area contributed by atoms with Crippen molar-refractivity contribution in [2.45, 2.75) is 11.8 Å². The van der Waals surface area contributed by atoms with Crippen molar-refractivity contribution in [1.82, 2.24) is 5.16 Å². The summed E-state index contributed by atoms with van der Waals surface area (Å²) >= 11 is 11.7. The number of esters is 1. The Kier molecular flexibility index (Phi) is 5.93. The fourth-order valence-electron chi connectivity index (χ4n) is 2.35. The number of rotatable bonds is 6. The lowest BCUT2D eigenvalue weighted by molar-refractivity contribution is 0.0528. The van der Waals surface area contributed by atoms with Crippen molar-refractivity contribution in [3.8, 4) is 11.3 Å². The summed E-state index contributed by atoms with van der Waals surface area (Å²) in [5, 5.41) is 4.72. The van der Waals surface area contributed by atoms with Gasteiger partial charge in [-0.25, -0.2) is 17.9 Å². The number of carbonyl (C=O) groups is 1. The number of nitrogens with zero attached hydrogens (tertiary/aromatic N) is 1. The molecule has 28 heavy (non-hydrogen) atoms. The van der Waals surface area contributed by atoms with Crippen LogP contribution in [0.5, 0.6) is 0 Å². The Labute approximate surface area is 171 Å². The molecule has 10 heteroatoms. The van der Waals surface area contributed by atoms with Crippen LogP contribution in [-0.4, -0.2) is 26.2 Å². The Bertz CT molecular complexity index is 1090. The number of nitrogens with one attached hydrogen (secondary N) is 1. The summed E-state index contributed by atoms with van der Waals surface area (Å²) in [6.45, 7) is 1.72. The van der Waals surface area contributed by atoms with Crippen LogP contribution in [0.25, 0.3) is 11.3 Å². The summed E-state index contributed by atoms with van der Waals surface area (Å²) in [6.07, 6.45) is 0. The van der Waals surface area contributed by atoms with E-state index in [2.05, 4.69) is 9.88 Å². The van der Waals surface area contributed by atoms with Gasteiger partial charge >= 0.3 is 5.97 Å². The molecule has 1 heterocycles. The minimum absolute atomic E-state index is 0.0591. The molecule has 3 rings (SSSR count). The molecule has 0 bridgehead atoms. The lowest BCUT2D eigenvalue weighted by Crippen LogP contribution is -2.15. The molecule has 0 spiro atoms. The van der Waals surface area contributed by atoms with E-state index in [0.29, 0.717) is 15.6 Å². The zero-order chi connectivity index (χ0) is 20.3. The van der Waals surface area contributed by atoms with E-state index in [1.165, 1.54) is 24.3 Å². The largest absolute Gasteiger partial charge is 0.462 e. The molecule has 0 unspecified atom stereocenters. The van der Waals surface area contributed by atoms with Gasteiger partial charge in [-0.3, -0.25) is 0 Å². The maximum Gasteiger partial charge on any atom is 0.346 e. The minimum Gasteiger partial charge on any atom is -0.462 e. The molecule has 0 aliphatic rings. The van der Waals surface area contributed by atoms with Crippen molar-refractivity contribution >= 4 is 45.1 Å². The van der Waals surface area contributed by atoms with E-state index in [0.717, 1.165) is 0 Å². The van der Waals surface area contributed by atoms with Gasteiger partial charge in [-0.15, -0.1) is 0 Å². The van der Waals surface area contributed by atoms with Gasteiger partial charge in [-0.05, 0) is 43.3 Å². The van der Waals surface area contributed by atoms with Gasteiger partial charge in [0.05, 0.1) is 11.5 Å². The van der Waals surface area contributed by atoms with E-state index in [9.17, 15) is 13.2 Å². The van der Waals surface area contributed by atoms with Crippen molar-refractivity contribution in [3.63, 3.8) is 0 Å². The molecular weight excluding hydrogens is 427 g/mol. The van der Waals surface area contributed by atoms with Crippen molar-refractivity contribution in [1.29, 1.82) is 0 Å². The number of benzene rings is 2. The van der Waals surface area contributed by atoms with Crippen LogP contribution < -0.4 is 4.72 Å². The average molecular weight is 441 g/mol. The standard InChI is InChI=1S/C18H14Cl2N2O5S/c1-2-26-18(23)15-16(11-3-5-12(19)6-4-11)21-27-17(15)22-28(24,25)14-9-7-13(20)8-10-14/h3-10,22H,2H2,1H3. The number of carbonyl (C=O) groups excluding carboxylic acids is 1. The van der Waals surface area contributed by atoms with Crippen LogP contribution in [-0.2, 0) is 14.8 Å². The van der Waals surface area contributed by atoms with Crippen LogP contribution in [0.4, 0.5) is 5.88 Å². The SMILES string of the molecule is CCOC(=O)c1c(-c2ccc(Cl)cc2)noc1NS(=O)(=O)c1ccc(Cl)cc1.